The first-order valence-electron chi connectivity index (χ1n) is 7.50. The van der Waals surface area contributed by atoms with E-state index in [0.717, 1.165) is 23.7 Å². The molecule has 1 aromatic heterocycles. The first-order chi connectivity index (χ1) is 9.52. The third kappa shape index (κ3) is 3.38. The lowest BCUT2D eigenvalue weighted by atomic mass is 9.97. The zero-order valence-corrected chi connectivity index (χ0v) is 13.4. The highest BCUT2D eigenvalue weighted by Gasteiger charge is 2.25. The number of carboxylic acid groups (broad SMARTS) is 1. The number of hydrogen-bond donors (Lipinski definition) is 1. The second-order valence-electron chi connectivity index (χ2n) is 5.66. The molecule has 5 heteroatoms. The van der Waals surface area contributed by atoms with E-state index < -0.39 is 5.97 Å². The molecule has 0 aliphatic carbocycles. The highest BCUT2D eigenvalue weighted by molar-refractivity contribution is 7.13. The van der Waals surface area contributed by atoms with Crippen molar-refractivity contribution in [3.8, 4) is 0 Å². The van der Waals surface area contributed by atoms with Crippen molar-refractivity contribution < 1.29 is 9.90 Å². The predicted molar refractivity (Wildman–Crippen MR) is 81.6 cm³/mol. The normalized spacial score (nSPS) is 23.9. The van der Waals surface area contributed by atoms with Gasteiger partial charge in [0.2, 0.25) is 0 Å². The summed E-state index contributed by atoms with van der Waals surface area (Å²) in [5, 5.41) is 10.1. The van der Waals surface area contributed by atoms with Crippen molar-refractivity contribution in [3.63, 3.8) is 0 Å². The summed E-state index contributed by atoms with van der Waals surface area (Å²) < 4.78 is 0. The number of rotatable bonds is 5. The van der Waals surface area contributed by atoms with E-state index in [2.05, 4.69) is 23.7 Å². The number of hydrogen-bond acceptors (Lipinski definition) is 4. The van der Waals surface area contributed by atoms with Gasteiger partial charge in [-0.15, -0.1) is 11.3 Å². The molecule has 1 aliphatic heterocycles. The number of piperidine rings is 1. The number of carbonyl (C=O) groups is 1. The van der Waals surface area contributed by atoms with Crippen LogP contribution in [-0.2, 0) is 12.8 Å². The molecule has 20 heavy (non-hydrogen) atoms. The number of nitrogens with zero attached hydrogens (tertiary/aromatic N) is 2. The van der Waals surface area contributed by atoms with Gasteiger partial charge in [0, 0.05) is 25.0 Å². The van der Waals surface area contributed by atoms with E-state index >= 15 is 0 Å². The summed E-state index contributed by atoms with van der Waals surface area (Å²) in [6.45, 7) is 7.52. The van der Waals surface area contributed by atoms with Crippen molar-refractivity contribution in [2.45, 2.75) is 65.0 Å². The maximum Gasteiger partial charge on any atom is 0.347 e. The van der Waals surface area contributed by atoms with E-state index in [9.17, 15) is 9.90 Å². The average molecular weight is 296 g/mol. The van der Waals surface area contributed by atoms with E-state index in [1.54, 1.807) is 0 Å². The zero-order valence-electron chi connectivity index (χ0n) is 12.6. The monoisotopic (exact) mass is 296 g/mol. The lowest BCUT2D eigenvalue weighted by molar-refractivity contribution is 0.0701. The Morgan fingerprint density at radius 3 is 2.55 bits per heavy atom. The molecule has 0 aromatic carbocycles. The number of aryl methyl sites for hydroxylation is 1. The maximum atomic E-state index is 11.2. The summed E-state index contributed by atoms with van der Waals surface area (Å²) in [5.74, 6) is -0.842. The molecule has 0 saturated carbocycles. The van der Waals surface area contributed by atoms with Crippen LogP contribution < -0.4 is 0 Å². The van der Waals surface area contributed by atoms with Crippen molar-refractivity contribution in [1.82, 2.24) is 9.88 Å². The number of carboxylic acids is 1. The largest absolute Gasteiger partial charge is 0.477 e. The van der Waals surface area contributed by atoms with Crippen LogP contribution in [0, 0.1) is 0 Å². The molecule has 1 fully saturated rings. The van der Waals surface area contributed by atoms with Crippen molar-refractivity contribution in [2.75, 3.05) is 6.54 Å². The molecule has 0 radical (unpaired) electrons. The maximum absolute atomic E-state index is 11.2. The van der Waals surface area contributed by atoms with Crippen LogP contribution in [-0.4, -0.2) is 39.6 Å². The van der Waals surface area contributed by atoms with Gasteiger partial charge in [0.05, 0.1) is 10.7 Å². The van der Waals surface area contributed by atoms with Gasteiger partial charge in [0.15, 0.2) is 0 Å². The van der Waals surface area contributed by atoms with E-state index in [0.29, 0.717) is 23.4 Å². The second-order valence-corrected chi connectivity index (χ2v) is 6.74. The minimum Gasteiger partial charge on any atom is -0.477 e. The second kappa shape index (κ2) is 6.68. The Morgan fingerprint density at radius 2 is 2.05 bits per heavy atom. The molecule has 1 N–H and O–H groups in total. The number of aromatic carboxylic acids is 1. The van der Waals surface area contributed by atoms with Crippen LogP contribution >= 0.6 is 11.3 Å². The lowest BCUT2D eigenvalue weighted by Gasteiger charge is -2.38. The van der Waals surface area contributed by atoms with Crippen molar-refractivity contribution in [1.29, 1.82) is 0 Å². The smallest absolute Gasteiger partial charge is 0.347 e. The number of thiazole rings is 1. The summed E-state index contributed by atoms with van der Waals surface area (Å²) in [6, 6.07) is 1.26. The molecule has 112 valence electrons. The van der Waals surface area contributed by atoms with E-state index in [1.165, 1.54) is 30.6 Å². The standard InChI is InChI=1S/C15H24N2O2S/c1-4-12-14(15(18)19)20-13(16-12)8-9-17-10(2)6-5-7-11(17)3/h10-11H,4-9H2,1-3H3,(H,18,19). The molecule has 0 amide bonds. The molecule has 2 heterocycles. The van der Waals surface area contributed by atoms with Gasteiger partial charge in [-0.05, 0) is 33.1 Å². The number of likely N-dealkylation sites (tertiary alicyclic amines) is 1. The van der Waals surface area contributed by atoms with E-state index in [1.807, 2.05) is 6.92 Å². The van der Waals surface area contributed by atoms with E-state index in [-0.39, 0.29) is 0 Å². The zero-order chi connectivity index (χ0) is 14.7. The van der Waals surface area contributed by atoms with Gasteiger partial charge < -0.3 is 5.11 Å². The fourth-order valence-electron chi connectivity index (χ4n) is 3.05. The first-order valence-corrected chi connectivity index (χ1v) is 8.32. The average Bonchev–Trinajstić information content (AvgIpc) is 2.81. The van der Waals surface area contributed by atoms with Crippen LogP contribution in [0.2, 0.25) is 0 Å². The van der Waals surface area contributed by atoms with Crippen molar-refractivity contribution >= 4 is 17.3 Å². The Hall–Kier alpha value is -0.940. The topological polar surface area (TPSA) is 53.4 Å². The molecular weight excluding hydrogens is 272 g/mol. The van der Waals surface area contributed by atoms with Gasteiger partial charge in [-0.2, -0.15) is 0 Å². The summed E-state index contributed by atoms with van der Waals surface area (Å²) in [6.07, 6.45) is 5.40. The fourth-order valence-corrected chi connectivity index (χ4v) is 4.03. The Kier molecular flexibility index (Phi) is 5.16. The molecule has 0 bridgehead atoms. The summed E-state index contributed by atoms with van der Waals surface area (Å²) in [4.78, 5) is 18.6. The number of aromatic nitrogens is 1. The third-order valence-corrected chi connectivity index (χ3v) is 5.38. The molecule has 1 aromatic rings. The molecular formula is C15H24N2O2S. The molecule has 0 spiro atoms. The summed E-state index contributed by atoms with van der Waals surface area (Å²) in [5.41, 5.74) is 0.734. The van der Waals surface area contributed by atoms with Crippen LogP contribution in [0.25, 0.3) is 0 Å². The highest BCUT2D eigenvalue weighted by atomic mass is 32.1. The molecule has 2 unspecified atom stereocenters. The third-order valence-electron chi connectivity index (χ3n) is 4.23. The quantitative estimate of drug-likeness (QED) is 0.906. The summed E-state index contributed by atoms with van der Waals surface area (Å²) >= 11 is 1.35. The van der Waals surface area contributed by atoms with Gasteiger partial charge >= 0.3 is 5.97 Å². The van der Waals surface area contributed by atoms with Gasteiger partial charge in [-0.3, -0.25) is 4.90 Å². The summed E-state index contributed by atoms with van der Waals surface area (Å²) in [7, 11) is 0. The van der Waals surface area contributed by atoms with Crippen LogP contribution in [0.15, 0.2) is 0 Å². The Balaban J connectivity index is 2.01. The van der Waals surface area contributed by atoms with Gasteiger partial charge in [0.25, 0.3) is 0 Å². The molecule has 2 rings (SSSR count). The minimum atomic E-state index is -0.842. The Morgan fingerprint density at radius 1 is 1.40 bits per heavy atom. The van der Waals surface area contributed by atoms with Gasteiger partial charge in [-0.25, -0.2) is 9.78 Å². The molecule has 1 saturated heterocycles. The Bertz CT molecular complexity index is 462. The first kappa shape index (κ1) is 15.4. The Labute approximate surface area is 124 Å². The highest BCUT2D eigenvalue weighted by Crippen LogP contribution is 2.24. The lowest BCUT2D eigenvalue weighted by Crippen LogP contribution is -2.44. The molecule has 4 nitrogen and oxygen atoms in total. The van der Waals surface area contributed by atoms with Crippen LogP contribution in [0.5, 0.6) is 0 Å². The van der Waals surface area contributed by atoms with Crippen molar-refractivity contribution in [3.05, 3.63) is 15.6 Å². The minimum absolute atomic E-state index is 0.419. The van der Waals surface area contributed by atoms with Crippen LogP contribution in [0.3, 0.4) is 0 Å². The fraction of sp³-hybridized carbons (Fsp3) is 0.733. The van der Waals surface area contributed by atoms with Gasteiger partial charge in [-0.1, -0.05) is 13.3 Å². The van der Waals surface area contributed by atoms with E-state index in [4.69, 9.17) is 0 Å². The molecule has 2 atom stereocenters. The SMILES string of the molecule is CCc1nc(CCN2C(C)CCCC2C)sc1C(=O)O. The van der Waals surface area contributed by atoms with Crippen LogP contribution in [0.1, 0.15) is 60.4 Å². The molecule has 1 aliphatic rings. The van der Waals surface area contributed by atoms with Crippen molar-refractivity contribution in [2.24, 2.45) is 0 Å². The van der Waals surface area contributed by atoms with Gasteiger partial charge in [0.1, 0.15) is 4.88 Å². The predicted octanol–water partition coefficient (Wildman–Crippen LogP) is 3.21. The van der Waals surface area contributed by atoms with Crippen LogP contribution in [0.4, 0.5) is 0 Å².